The monoisotopic (exact) mass is 204 g/mol. The first-order valence-electron chi connectivity index (χ1n) is 5.89. The van der Waals surface area contributed by atoms with Gasteiger partial charge in [-0.25, -0.2) is 0 Å². The number of amidine groups is 1. The molecule has 3 rings (SSSR count). The molecular formula is C12H16N2O. The van der Waals surface area contributed by atoms with Crippen LogP contribution in [0.1, 0.15) is 32.1 Å². The molecule has 0 saturated carbocycles. The molecule has 1 saturated heterocycles. The predicted molar refractivity (Wildman–Crippen MR) is 58.7 cm³/mol. The van der Waals surface area contributed by atoms with Gasteiger partial charge in [-0.2, -0.15) is 0 Å². The fourth-order valence-corrected chi connectivity index (χ4v) is 2.79. The zero-order valence-electron chi connectivity index (χ0n) is 8.85. The summed E-state index contributed by atoms with van der Waals surface area (Å²) >= 11 is 0. The number of fused-ring (bicyclic) bond motifs is 2. The molecule has 1 amide bonds. The zero-order valence-corrected chi connectivity index (χ0v) is 8.85. The van der Waals surface area contributed by atoms with Crippen molar-refractivity contribution in [3.05, 3.63) is 12.2 Å². The molecule has 1 aliphatic carbocycles. The van der Waals surface area contributed by atoms with E-state index in [2.05, 4.69) is 12.2 Å². The summed E-state index contributed by atoms with van der Waals surface area (Å²) in [5.41, 5.74) is 0. The number of aliphatic imine (C=N–C) groups is 1. The number of carbonyl (C=O) groups is 1. The minimum Gasteiger partial charge on any atom is -0.300 e. The van der Waals surface area contributed by atoms with Gasteiger partial charge in [-0.3, -0.25) is 9.79 Å². The Balaban J connectivity index is 1.94. The first-order valence-corrected chi connectivity index (χ1v) is 5.89. The lowest BCUT2D eigenvalue weighted by molar-refractivity contribution is -0.133. The number of piperidine rings is 1. The molecule has 0 N–H and O–H groups in total. The summed E-state index contributed by atoms with van der Waals surface area (Å²) in [6, 6.07) is 0.242. The largest absolute Gasteiger partial charge is 0.300 e. The van der Waals surface area contributed by atoms with Crippen LogP contribution >= 0.6 is 0 Å². The van der Waals surface area contributed by atoms with E-state index in [1.807, 2.05) is 4.90 Å². The van der Waals surface area contributed by atoms with E-state index in [0.717, 1.165) is 38.1 Å². The normalized spacial score (nSPS) is 34.5. The summed E-state index contributed by atoms with van der Waals surface area (Å²) in [6.45, 7) is 0.893. The summed E-state index contributed by atoms with van der Waals surface area (Å²) in [5.74, 6) is 1.52. The molecule has 15 heavy (non-hydrogen) atoms. The Morgan fingerprint density at radius 1 is 1.27 bits per heavy atom. The minimum absolute atomic E-state index is 0.136. The first-order chi connectivity index (χ1) is 7.36. The highest BCUT2D eigenvalue weighted by molar-refractivity contribution is 6.02. The van der Waals surface area contributed by atoms with Crippen LogP contribution in [0.25, 0.3) is 0 Å². The maximum Gasteiger partial charge on any atom is 0.233 e. The minimum atomic E-state index is 0.136. The van der Waals surface area contributed by atoms with E-state index in [1.165, 1.54) is 6.42 Å². The van der Waals surface area contributed by atoms with Crippen molar-refractivity contribution in [2.45, 2.75) is 38.1 Å². The van der Waals surface area contributed by atoms with Crippen LogP contribution in [0.2, 0.25) is 0 Å². The highest BCUT2D eigenvalue weighted by Gasteiger charge is 2.38. The quantitative estimate of drug-likeness (QED) is 0.553. The van der Waals surface area contributed by atoms with Gasteiger partial charge in [-0.15, -0.1) is 0 Å². The van der Waals surface area contributed by atoms with Crippen molar-refractivity contribution in [1.82, 2.24) is 4.90 Å². The molecule has 1 fully saturated rings. The Kier molecular flexibility index (Phi) is 2.11. The lowest BCUT2D eigenvalue weighted by Gasteiger charge is -2.39. The van der Waals surface area contributed by atoms with Crippen LogP contribution in [0, 0.1) is 5.92 Å². The van der Waals surface area contributed by atoms with E-state index >= 15 is 0 Å². The Morgan fingerprint density at radius 2 is 2.13 bits per heavy atom. The van der Waals surface area contributed by atoms with Crippen LogP contribution in [0.4, 0.5) is 0 Å². The van der Waals surface area contributed by atoms with Crippen molar-refractivity contribution >= 4 is 11.7 Å². The van der Waals surface area contributed by atoms with Gasteiger partial charge >= 0.3 is 0 Å². The average molecular weight is 204 g/mol. The number of allylic oxidation sites excluding steroid dienone is 1. The molecule has 0 unspecified atom stereocenters. The number of rotatable bonds is 0. The standard InChI is InChI=1S/C12H16N2O/c15-12-9-5-1-2-6-10(9)13-11-7-3-4-8-14(11)12/h1-2,9-10H,3-8H2/t9-,10+/m0/s1. The van der Waals surface area contributed by atoms with Crippen molar-refractivity contribution in [2.75, 3.05) is 6.54 Å². The van der Waals surface area contributed by atoms with Gasteiger partial charge in [0.05, 0.1) is 12.0 Å². The van der Waals surface area contributed by atoms with Gasteiger partial charge in [-0.05, 0) is 25.7 Å². The third kappa shape index (κ3) is 1.41. The summed E-state index contributed by atoms with van der Waals surface area (Å²) in [6.07, 6.45) is 9.46. The molecule has 3 aliphatic rings. The van der Waals surface area contributed by atoms with Gasteiger partial charge in [0.2, 0.25) is 5.91 Å². The van der Waals surface area contributed by atoms with Crippen LogP contribution in [0.3, 0.4) is 0 Å². The van der Waals surface area contributed by atoms with Crippen LogP contribution < -0.4 is 0 Å². The summed E-state index contributed by atoms with van der Waals surface area (Å²) in [7, 11) is 0. The third-order valence-electron chi connectivity index (χ3n) is 3.64. The molecular weight excluding hydrogens is 188 g/mol. The van der Waals surface area contributed by atoms with Crippen LogP contribution in [-0.4, -0.2) is 29.2 Å². The first kappa shape index (κ1) is 9.13. The van der Waals surface area contributed by atoms with Crippen LogP contribution in [0.15, 0.2) is 17.1 Å². The molecule has 2 aliphatic heterocycles. The van der Waals surface area contributed by atoms with Gasteiger partial charge in [0.15, 0.2) is 0 Å². The van der Waals surface area contributed by atoms with E-state index < -0.39 is 0 Å². The number of amides is 1. The van der Waals surface area contributed by atoms with E-state index in [9.17, 15) is 4.79 Å². The highest BCUT2D eigenvalue weighted by Crippen LogP contribution is 2.30. The number of carbonyl (C=O) groups excluding carboxylic acids is 1. The fourth-order valence-electron chi connectivity index (χ4n) is 2.79. The molecule has 0 aromatic carbocycles. The summed E-state index contributed by atoms with van der Waals surface area (Å²) in [4.78, 5) is 18.9. The van der Waals surface area contributed by atoms with Gasteiger partial charge in [0, 0.05) is 13.0 Å². The highest BCUT2D eigenvalue weighted by atomic mass is 16.2. The van der Waals surface area contributed by atoms with Crippen molar-refractivity contribution in [2.24, 2.45) is 10.9 Å². The second-order valence-electron chi connectivity index (χ2n) is 4.61. The maximum atomic E-state index is 12.2. The number of hydrogen-bond acceptors (Lipinski definition) is 2. The van der Waals surface area contributed by atoms with E-state index in [0.29, 0.717) is 5.91 Å². The molecule has 0 bridgehead atoms. The van der Waals surface area contributed by atoms with Crippen molar-refractivity contribution < 1.29 is 4.79 Å². The molecule has 0 radical (unpaired) electrons. The second kappa shape index (κ2) is 3.47. The molecule has 3 nitrogen and oxygen atoms in total. The van der Waals surface area contributed by atoms with Gasteiger partial charge in [0.25, 0.3) is 0 Å². The predicted octanol–water partition coefficient (Wildman–Crippen LogP) is 1.75. The third-order valence-corrected chi connectivity index (χ3v) is 3.64. The van der Waals surface area contributed by atoms with Crippen molar-refractivity contribution in [3.63, 3.8) is 0 Å². The molecule has 80 valence electrons. The summed E-state index contributed by atoms with van der Waals surface area (Å²) < 4.78 is 0. The van der Waals surface area contributed by atoms with E-state index in [-0.39, 0.29) is 12.0 Å². The zero-order chi connectivity index (χ0) is 10.3. The van der Waals surface area contributed by atoms with Crippen LogP contribution in [-0.2, 0) is 4.79 Å². The second-order valence-corrected chi connectivity index (χ2v) is 4.61. The average Bonchev–Trinajstić information content (AvgIpc) is 2.30. The smallest absolute Gasteiger partial charge is 0.233 e. The lowest BCUT2D eigenvalue weighted by atomic mass is 9.86. The van der Waals surface area contributed by atoms with Gasteiger partial charge in [0.1, 0.15) is 5.84 Å². The van der Waals surface area contributed by atoms with Crippen molar-refractivity contribution in [3.8, 4) is 0 Å². The van der Waals surface area contributed by atoms with Crippen LogP contribution in [0.5, 0.6) is 0 Å². The maximum absolute atomic E-state index is 12.2. The SMILES string of the molecule is O=C1[C@H]2CC=CC[C@H]2N=C2CCCCN12. The lowest BCUT2D eigenvalue weighted by Crippen LogP contribution is -2.51. The Labute approximate surface area is 89.9 Å². The number of hydrogen-bond donors (Lipinski definition) is 0. The van der Waals surface area contributed by atoms with Crippen molar-refractivity contribution in [1.29, 1.82) is 0 Å². The molecule has 2 atom stereocenters. The Morgan fingerprint density at radius 3 is 3.07 bits per heavy atom. The molecule has 0 spiro atoms. The topological polar surface area (TPSA) is 32.7 Å². The Bertz CT molecular complexity index is 346. The molecule has 0 aromatic heterocycles. The summed E-state index contributed by atoms with van der Waals surface area (Å²) in [5, 5.41) is 0. The van der Waals surface area contributed by atoms with E-state index in [1.54, 1.807) is 0 Å². The molecule has 0 aromatic rings. The number of nitrogens with zero attached hydrogens (tertiary/aromatic N) is 2. The van der Waals surface area contributed by atoms with Gasteiger partial charge in [-0.1, -0.05) is 12.2 Å². The molecule has 3 heteroatoms. The van der Waals surface area contributed by atoms with Gasteiger partial charge < -0.3 is 4.90 Å². The molecule has 2 heterocycles. The fraction of sp³-hybridized carbons (Fsp3) is 0.667. The van der Waals surface area contributed by atoms with E-state index in [4.69, 9.17) is 4.99 Å². The Hall–Kier alpha value is -1.12.